The number of nitrogens with one attached hydrogen (secondary N) is 1. The van der Waals surface area contributed by atoms with Crippen LogP contribution in [0.2, 0.25) is 0 Å². The molecule has 1 heterocycles. The third-order valence-electron chi connectivity index (χ3n) is 2.64. The molecule has 2 rings (SSSR count). The first-order valence-electron chi connectivity index (χ1n) is 5.69. The first-order valence-corrected chi connectivity index (χ1v) is 7.18. The monoisotopic (exact) mass is 311 g/mol. The van der Waals surface area contributed by atoms with Gasteiger partial charge >= 0.3 is 5.69 Å². The third-order valence-corrected chi connectivity index (χ3v) is 4.02. The van der Waals surface area contributed by atoms with Crippen LogP contribution in [0.4, 0.5) is 15.8 Å². The molecule has 0 radical (unpaired) electrons. The van der Waals surface area contributed by atoms with Crippen LogP contribution in [0.1, 0.15) is 5.56 Å². The van der Waals surface area contributed by atoms with E-state index in [0.717, 1.165) is 17.8 Å². The van der Waals surface area contributed by atoms with Gasteiger partial charge in [0.2, 0.25) is 0 Å². The van der Waals surface area contributed by atoms with Gasteiger partial charge in [-0.3, -0.25) is 14.8 Å². The fourth-order valence-electron chi connectivity index (χ4n) is 1.61. The molecule has 21 heavy (non-hydrogen) atoms. The van der Waals surface area contributed by atoms with Crippen LogP contribution in [0, 0.1) is 23.0 Å². The van der Waals surface area contributed by atoms with Crippen molar-refractivity contribution in [3.63, 3.8) is 0 Å². The Kier molecular flexibility index (Phi) is 3.85. The number of anilines is 1. The van der Waals surface area contributed by atoms with E-state index in [0.29, 0.717) is 0 Å². The van der Waals surface area contributed by atoms with Gasteiger partial charge in [-0.2, -0.15) is 4.39 Å². The SMILES string of the molecule is Cc1ccc(S(=O)(=O)Nc2ccnc(F)c2[N+](=O)[O-])cc1. The standard InChI is InChI=1S/C12H10FN3O4S/c1-8-2-4-9(5-3-8)21(19,20)15-10-6-7-14-12(13)11(10)16(17)18/h2-7H,1H3,(H,14,15). The predicted octanol–water partition coefficient (Wildman–Crippen LogP) is 2.24. The van der Waals surface area contributed by atoms with Crippen LogP contribution in [0.15, 0.2) is 41.4 Å². The van der Waals surface area contributed by atoms with Crippen LogP contribution < -0.4 is 4.72 Å². The van der Waals surface area contributed by atoms with Crippen LogP contribution >= 0.6 is 0 Å². The van der Waals surface area contributed by atoms with Gasteiger partial charge in [0.1, 0.15) is 5.69 Å². The molecule has 0 amide bonds. The average Bonchev–Trinajstić information content (AvgIpc) is 2.38. The van der Waals surface area contributed by atoms with E-state index in [-0.39, 0.29) is 4.90 Å². The van der Waals surface area contributed by atoms with Gasteiger partial charge in [0.25, 0.3) is 16.0 Å². The van der Waals surface area contributed by atoms with Gasteiger partial charge in [0.05, 0.1) is 9.82 Å². The minimum absolute atomic E-state index is 0.0837. The van der Waals surface area contributed by atoms with Crippen molar-refractivity contribution in [2.75, 3.05) is 4.72 Å². The lowest BCUT2D eigenvalue weighted by atomic mass is 10.2. The fourth-order valence-corrected chi connectivity index (χ4v) is 2.67. The van der Waals surface area contributed by atoms with Crippen molar-refractivity contribution in [1.29, 1.82) is 0 Å². The van der Waals surface area contributed by atoms with E-state index in [1.54, 1.807) is 19.1 Å². The summed E-state index contributed by atoms with van der Waals surface area (Å²) in [6, 6.07) is 6.88. The second-order valence-electron chi connectivity index (χ2n) is 4.17. The molecule has 0 aliphatic rings. The van der Waals surface area contributed by atoms with Gasteiger partial charge in [-0.05, 0) is 25.1 Å². The number of halogens is 1. The largest absolute Gasteiger partial charge is 0.347 e. The maximum absolute atomic E-state index is 13.3. The van der Waals surface area contributed by atoms with Crippen LogP contribution in [-0.4, -0.2) is 18.3 Å². The highest BCUT2D eigenvalue weighted by atomic mass is 32.2. The molecule has 0 aliphatic heterocycles. The second kappa shape index (κ2) is 5.44. The Morgan fingerprint density at radius 2 is 1.86 bits per heavy atom. The third kappa shape index (κ3) is 3.14. The summed E-state index contributed by atoms with van der Waals surface area (Å²) in [6.07, 6.45) is 0.940. The molecule has 2 aromatic rings. The number of sulfonamides is 1. The van der Waals surface area contributed by atoms with Gasteiger partial charge in [0, 0.05) is 6.20 Å². The number of rotatable bonds is 4. The molecular weight excluding hydrogens is 301 g/mol. The summed E-state index contributed by atoms with van der Waals surface area (Å²) in [4.78, 5) is 12.8. The molecule has 0 bridgehead atoms. The van der Waals surface area contributed by atoms with Crippen LogP contribution in [0.3, 0.4) is 0 Å². The van der Waals surface area contributed by atoms with E-state index in [1.807, 2.05) is 4.72 Å². The molecule has 0 saturated carbocycles. The topological polar surface area (TPSA) is 102 Å². The molecule has 1 aromatic carbocycles. The first-order chi connectivity index (χ1) is 9.81. The maximum Gasteiger partial charge on any atom is 0.347 e. The molecule has 0 saturated heterocycles. The minimum Gasteiger partial charge on any atom is -0.273 e. The first kappa shape index (κ1) is 14.9. The molecule has 0 aliphatic carbocycles. The summed E-state index contributed by atoms with van der Waals surface area (Å²) >= 11 is 0. The molecule has 9 heteroatoms. The van der Waals surface area contributed by atoms with Crippen LogP contribution in [0.25, 0.3) is 0 Å². The van der Waals surface area contributed by atoms with Crippen molar-refractivity contribution in [2.24, 2.45) is 0 Å². The summed E-state index contributed by atoms with van der Waals surface area (Å²) in [5.74, 6) is -1.36. The van der Waals surface area contributed by atoms with E-state index in [1.165, 1.54) is 12.1 Å². The Balaban J connectivity index is 2.44. The molecule has 0 spiro atoms. The fraction of sp³-hybridized carbons (Fsp3) is 0.0833. The zero-order valence-electron chi connectivity index (χ0n) is 10.8. The molecule has 1 aromatic heterocycles. The Hall–Kier alpha value is -2.55. The smallest absolute Gasteiger partial charge is 0.273 e. The van der Waals surface area contributed by atoms with Gasteiger partial charge < -0.3 is 0 Å². The van der Waals surface area contributed by atoms with Crippen molar-refractivity contribution in [3.8, 4) is 0 Å². The van der Waals surface area contributed by atoms with Gasteiger partial charge in [-0.25, -0.2) is 13.4 Å². The van der Waals surface area contributed by atoms with Crippen LogP contribution in [0.5, 0.6) is 0 Å². The highest BCUT2D eigenvalue weighted by Crippen LogP contribution is 2.28. The van der Waals surface area contributed by atoms with Crippen molar-refractivity contribution in [2.45, 2.75) is 11.8 Å². The van der Waals surface area contributed by atoms with E-state index in [2.05, 4.69) is 4.98 Å². The maximum atomic E-state index is 13.3. The summed E-state index contributed by atoms with van der Waals surface area (Å²) in [7, 11) is -4.05. The summed E-state index contributed by atoms with van der Waals surface area (Å²) in [5.41, 5.74) is -0.642. The summed E-state index contributed by atoms with van der Waals surface area (Å²) in [6.45, 7) is 1.78. The Morgan fingerprint density at radius 3 is 2.43 bits per heavy atom. The second-order valence-corrected chi connectivity index (χ2v) is 5.86. The molecule has 110 valence electrons. The normalized spacial score (nSPS) is 11.1. The zero-order valence-corrected chi connectivity index (χ0v) is 11.6. The molecule has 0 fully saturated rings. The van der Waals surface area contributed by atoms with Crippen molar-refractivity contribution in [3.05, 3.63) is 58.2 Å². The van der Waals surface area contributed by atoms with E-state index in [4.69, 9.17) is 0 Å². The predicted molar refractivity (Wildman–Crippen MR) is 72.8 cm³/mol. The van der Waals surface area contributed by atoms with E-state index < -0.39 is 32.3 Å². The Bertz CT molecular complexity index is 791. The number of nitro groups is 1. The number of hydrogen-bond donors (Lipinski definition) is 1. The quantitative estimate of drug-likeness (QED) is 0.530. The highest BCUT2D eigenvalue weighted by molar-refractivity contribution is 7.92. The molecule has 1 N–H and O–H groups in total. The minimum atomic E-state index is -4.05. The van der Waals surface area contributed by atoms with Crippen molar-refractivity contribution < 1.29 is 17.7 Å². The van der Waals surface area contributed by atoms with Crippen molar-refractivity contribution in [1.82, 2.24) is 4.98 Å². The number of nitrogens with zero attached hydrogens (tertiary/aromatic N) is 2. The highest BCUT2D eigenvalue weighted by Gasteiger charge is 2.25. The molecule has 0 atom stereocenters. The lowest BCUT2D eigenvalue weighted by Gasteiger charge is -2.08. The number of benzene rings is 1. The molecule has 0 unspecified atom stereocenters. The summed E-state index contributed by atoms with van der Waals surface area (Å²) < 4.78 is 39.6. The Labute approximate surface area is 119 Å². The van der Waals surface area contributed by atoms with Crippen molar-refractivity contribution >= 4 is 21.4 Å². The van der Waals surface area contributed by atoms with Gasteiger partial charge in [-0.15, -0.1) is 0 Å². The lowest BCUT2D eigenvalue weighted by Crippen LogP contribution is -2.14. The van der Waals surface area contributed by atoms with Crippen LogP contribution in [-0.2, 0) is 10.0 Å². The number of pyridine rings is 1. The summed E-state index contributed by atoms with van der Waals surface area (Å²) in [5, 5.41) is 10.8. The van der Waals surface area contributed by atoms with Gasteiger partial charge in [-0.1, -0.05) is 17.7 Å². The lowest BCUT2D eigenvalue weighted by molar-refractivity contribution is -0.387. The number of hydrogen-bond acceptors (Lipinski definition) is 5. The zero-order chi connectivity index (χ0) is 15.6. The average molecular weight is 311 g/mol. The molecular formula is C12H10FN3O4S. The van der Waals surface area contributed by atoms with Gasteiger partial charge in [0.15, 0.2) is 0 Å². The number of aryl methyl sites for hydroxylation is 1. The Morgan fingerprint density at radius 1 is 1.24 bits per heavy atom. The van der Waals surface area contributed by atoms with E-state index in [9.17, 15) is 22.9 Å². The number of aromatic nitrogens is 1. The van der Waals surface area contributed by atoms with E-state index >= 15 is 0 Å². The molecule has 7 nitrogen and oxygen atoms in total.